The molecule has 1 N–H and O–H groups in total. The number of benzene rings is 1. The molecule has 1 aromatic carbocycles. The molecule has 102 valence electrons. The topological polar surface area (TPSA) is 15.3 Å². The quantitative estimate of drug-likeness (QED) is 0.828. The summed E-state index contributed by atoms with van der Waals surface area (Å²) in [5, 5.41) is 3.67. The first kappa shape index (κ1) is 15.7. The van der Waals surface area contributed by atoms with E-state index in [4.69, 9.17) is 0 Å². The van der Waals surface area contributed by atoms with Crippen LogP contribution in [-0.2, 0) is 6.54 Å². The van der Waals surface area contributed by atoms with Crippen LogP contribution in [0.1, 0.15) is 25.8 Å². The zero-order valence-corrected chi connectivity index (χ0v) is 13.5. The third-order valence-corrected chi connectivity index (χ3v) is 3.65. The van der Waals surface area contributed by atoms with Crippen LogP contribution in [0.5, 0.6) is 0 Å². The fraction of sp³-hybridized carbons (Fsp3) is 0.600. The normalized spacial score (nSPS) is 13.3. The Hall–Kier alpha value is -0.380. The molecule has 0 aromatic heterocycles. The van der Waals surface area contributed by atoms with Crippen LogP contribution in [0.15, 0.2) is 28.7 Å². The minimum absolute atomic E-state index is 0.548. The molecule has 18 heavy (non-hydrogen) atoms. The Morgan fingerprint density at radius 1 is 1.22 bits per heavy atom. The highest BCUT2D eigenvalue weighted by Gasteiger charge is 2.12. The molecule has 0 aliphatic rings. The van der Waals surface area contributed by atoms with E-state index in [1.165, 1.54) is 16.5 Å². The van der Waals surface area contributed by atoms with E-state index < -0.39 is 0 Å². The highest BCUT2D eigenvalue weighted by atomic mass is 79.9. The lowest BCUT2D eigenvalue weighted by Gasteiger charge is -2.24. The van der Waals surface area contributed by atoms with E-state index in [2.05, 4.69) is 78.4 Å². The maximum Gasteiger partial charge on any atom is 0.0220 e. The minimum atomic E-state index is 0.548. The average Bonchev–Trinajstić information content (AvgIpc) is 2.26. The fourth-order valence-corrected chi connectivity index (χ4v) is 2.55. The number of rotatable bonds is 7. The summed E-state index contributed by atoms with van der Waals surface area (Å²) in [6.07, 6.45) is 1.21. The Balaban J connectivity index is 2.53. The smallest absolute Gasteiger partial charge is 0.0220 e. The SMILES string of the molecule is CC(C)CC(CN(C)C)NCc1ccccc1Br. The third-order valence-electron chi connectivity index (χ3n) is 2.88. The minimum Gasteiger partial charge on any atom is -0.309 e. The van der Waals surface area contributed by atoms with Crippen molar-refractivity contribution in [2.75, 3.05) is 20.6 Å². The van der Waals surface area contributed by atoms with E-state index in [0.717, 1.165) is 19.0 Å². The van der Waals surface area contributed by atoms with E-state index in [-0.39, 0.29) is 0 Å². The monoisotopic (exact) mass is 312 g/mol. The predicted octanol–water partition coefficient (Wildman–Crippen LogP) is 3.52. The fourth-order valence-electron chi connectivity index (χ4n) is 2.13. The summed E-state index contributed by atoms with van der Waals surface area (Å²) >= 11 is 3.60. The summed E-state index contributed by atoms with van der Waals surface area (Å²) in [6.45, 7) is 6.57. The van der Waals surface area contributed by atoms with Gasteiger partial charge in [-0.3, -0.25) is 0 Å². The molecule has 0 fully saturated rings. The van der Waals surface area contributed by atoms with Gasteiger partial charge in [0.05, 0.1) is 0 Å². The third kappa shape index (κ3) is 5.98. The first-order valence-electron chi connectivity index (χ1n) is 6.60. The molecule has 2 nitrogen and oxygen atoms in total. The van der Waals surface area contributed by atoms with Gasteiger partial charge in [-0.05, 0) is 38.1 Å². The lowest BCUT2D eigenvalue weighted by atomic mass is 10.0. The zero-order valence-electron chi connectivity index (χ0n) is 11.9. The van der Waals surface area contributed by atoms with Gasteiger partial charge in [0, 0.05) is 23.6 Å². The highest BCUT2D eigenvalue weighted by Crippen LogP contribution is 2.16. The van der Waals surface area contributed by atoms with Crippen molar-refractivity contribution in [3.8, 4) is 0 Å². The molecule has 3 heteroatoms. The van der Waals surface area contributed by atoms with Crippen LogP contribution in [0.3, 0.4) is 0 Å². The van der Waals surface area contributed by atoms with Gasteiger partial charge >= 0.3 is 0 Å². The van der Waals surface area contributed by atoms with Crippen LogP contribution in [0, 0.1) is 5.92 Å². The molecule has 1 rings (SSSR count). The Kier molecular flexibility index (Phi) is 6.90. The summed E-state index contributed by atoms with van der Waals surface area (Å²) in [5.74, 6) is 0.724. The second-order valence-corrected chi connectivity index (χ2v) is 6.42. The van der Waals surface area contributed by atoms with Gasteiger partial charge in [0.2, 0.25) is 0 Å². The van der Waals surface area contributed by atoms with Gasteiger partial charge in [-0.15, -0.1) is 0 Å². The molecule has 0 amide bonds. The lowest BCUT2D eigenvalue weighted by Crippen LogP contribution is -2.38. The molecule has 1 aromatic rings. The van der Waals surface area contributed by atoms with Crippen LogP contribution < -0.4 is 5.32 Å². The summed E-state index contributed by atoms with van der Waals surface area (Å²) in [6, 6.07) is 8.95. The number of nitrogens with zero attached hydrogens (tertiary/aromatic N) is 1. The van der Waals surface area contributed by atoms with Crippen LogP contribution in [0.4, 0.5) is 0 Å². The molecular formula is C15H25BrN2. The zero-order chi connectivity index (χ0) is 13.5. The van der Waals surface area contributed by atoms with Crippen molar-refractivity contribution in [1.82, 2.24) is 10.2 Å². The predicted molar refractivity (Wildman–Crippen MR) is 82.8 cm³/mol. The van der Waals surface area contributed by atoms with Crippen molar-refractivity contribution in [3.05, 3.63) is 34.3 Å². The van der Waals surface area contributed by atoms with Crippen molar-refractivity contribution in [2.24, 2.45) is 5.92 Å². The number of hydrogen-bond donors (Lipinski definition) is 1. The van der Waals surface area contributed by atoms with Crippen molar-refractivity contribution in [1.29, 1.82) is 0 Å². The van der Waals surface area contributed by atoms with Crippen LogP contribution in [0.2, 0.25) is 0 Å². The Bertz CT molecular complexity index is 340. The Morgan fingerprint density at radius 3 is 2.44 bits per heavy atom. The standard InChI is InChI=1S/C15H25BrN2/c1-12(2)9-14(11-18(3)4)17-10-13-7-5-6-8-15(13)16/h5-8,12,14,17H,9-11H2,1-4H3. The number of halogens is 1. The number of likely N-dealkylation sites (N-methyl/N-ethyl adjacent to an activating group) is 1. The van der Waals surface area contributed by atoms with Crippen LogP contribution in [-0.4, -0.2) is 31.6 Å². The molecule has 1 unspecified atom stereocenters. The number of nitrogens with one attached hydrogen (secondary N) is 1. The molecule has 1 atom stereocenters. The first-order chi connectivity index (χ1) is 8.49. The van der Waals surface area contributed by atoms with Gasteiger partial charge in [-0.25, -0.2) is 0 Å². The maximum atomic E-state index is 3.67. The first-order valence-corrected chi connectivity index (χ1v) is 7.40. The van der Waals surface area contributed by atoms with Gasteiger partial charge < -0.3 is 10.2 Å². The van der Waals surface area contributed by atoms with Gasteiger partial charge in [0.25, 0.3) is 0 Å². The van der Waals surface area contributed by atoms with Gasteiger partial charge in [0.1, 0.15) is 0 Å². The average molecular weight is 313 g/mol. The Morgan fingerprint density at radius 2 is 1.89 bits per heavy atom. The second kappa shape index (κ2) is 7.93. The van der Waals surface area contributed by atoms with E-state index >= 15 is 0 Å². The molecule has 0 heterocycles. The van der Waals surface area contributed by atoms with Crippen molar-refractivity contribution >= 4 is 15.9 Å². The van der Waals surface area contributed by atoms with E-state index in [1.54, 1.807) is 0 Å². The van der Waals surface area contributed by atoms with Crippen molar-refractivity contribution < 1.29 is 0 Å². The summed E-state index contributed by atoms with van der Waals surface area (Å²) < 4.78 is 1.19. The number of hydrogen-bond acceptors (Lipinski definition) is 2. The molecule has 0 saturated heterocycles. The van der Waals surface area contributed by atoms with Gasteiger partial charge in [0.15, 0.2) is 0 Å². The Labute approximate surface area is 120 Å². The van der Waals surface area contributed by atoms with E-state index in [0.29, 0.717) is 6.04 Å². The molecule has 0 aliphatic carbocycles. The van der Waals surface area contributed by atoms with Gasteiger partial charge in [-0.1, -0.05) is 48.0 Å². The van der Waals surface area contributed by atoms with Crippen molar-refractivity contribution in [2.45, 2.75) is 32.9 Å². The molecule has 0 bridgehead atoms. The van der Waals surface area contributed by atoms with E-state index in [9.17, 15) is 0 Å². The summed E-state index contributed by atoms with van der Waals surface area (Å²) in [5.41, 5.74) is 1.32. The second-order valence-electron chi connectivity index (χ2n) is 5.56. The van der Waals surface area contributed by atoms with Crippen molar-refractivity contribution in [3.63, 3.8) is 0 Å². The molecule has 0 spiro atoms. The maximum absolute atomic E-state index is 3.67. The molecular weight excluding hydrogens is 288 g/mol. The molecule has 0 saturated carbocycles. The molecule has 0 aliphatic heterocycles. The largest absolute Gasteiger partial charge is 0.309 e. The highest BCUT2D eigenvalue weighted by molar-refractivity contribution is 9.10. The van der Waals surface area contributed by atoms with Gasteiger partial charge in [-0.2, -0.15) is 0 Å². The molecule has 0 radical (unpaired) electrons. The summed E-state index contributed by atoms with van der Waals surface area (Å²) in [7, 11) is 4.26. The van der Waals surface area contributed by atoms with E-state index in [1.807, 2.05) is 0 Å². The summed E-state index contributed by atoms with van der Waals surface area (Å²) in [4.78, 5) is 2.25. The lowest BCUT2D eigenvalue weighted by molar-refractivity contribution is 0.305. The van der Waals surface area contributed by atoms with Crippen LogP contribution in [0.25, 0.3) is 0 Å². The van der Waals surface area contributed by atoms with Crippen LogP contribution >= 0.6 is 15.9 Å².